The molecule has 100 valence electrons. The number of nitrogens with two attached hydrogens (primary N) is 1. The van der Waals surface area contributed by atoms with Crippen molar-refractivity contribution in [3.05, 3.63) is 22.8 Å². The summed E-state index contributed by atoms with van der Waals surface area (Å²) in [4.78, 5) is 3.97. The Hall–Kier alpha value is -1.86. The number of rotatable bonds is 2. The van der Waals surface area contributed by atoms with E-state index < -0.39 is 5.82 Å². The van der Waals surface area contributed by atoms with Crippen molar-refractivity contribution in [2.75, 3.05) is 13.2 Å². The van der Waals surface area contributed by atoms with Crippen LogP contribution in [0.5, 0.6) is 11.5 Å². The molecule has 0 spiro atoms. The summed E-state index contributed by atoms with van der Waals surface area (Å²) in [6, 6.07) is 1.36. The van der Waals surface area contributed by atoms with Gasteiger partial charge < -0.3 is 19.7 Å². The molecular weight excluding hydrogens is 277 g/mol. The third kappa shape index (κ3) is 2.00. The molecule has 2 aromatic rings. The lowest BCUT2D eigenvalue weighted by atomic mass is 10.1. The molecule has 0 radical (unpaired) electrons. The molecule has 8 heteroatoms. The number of fused-ring (bicyclic) bond motifs is 1. The third-order valence-electron chi connectivity index (χ3n) is 2.59. The molecule has 0 saturated carbocycles. The zero-order valence-electron chi connectivity index (χ0n) is 9.65. The van der Waals surface area contributed by atoms with Crippen molar-refractivity contribution in [2.24, 2.45) is 5.73 Å². The highest BCUT2D eigenvalue weighted by atomic mass is 35.5. The highest BCUT2D eigenvalue weighted by Gasteiger charge is 2.27. The van der Waals surface area contributed by atoms with E-state index in [1.807, 2.05) is 0 Å². The topological polar surface area (TPSA) is 83.4 Å². The normalized spacial score (nSPS) is 13.6. The number of benzene rings is 1. The molecule has 1 aromatic carbocycles. The first-order valence-corrected chi connectivity index (χ1v) is 5.89. The van der Waals surface area contributed by atoms with E-state index in [0.717, 1.165) is 0 Å². The van der Waals surface area contributed by atoms with Crippen LogP contribution in [-0.2, 0) is 6.54 Å². The molecule has 1 aliphatic rings. The fourth-order valence-corrected chi connectivity index (χ4v) is 1.96. The lowest BCUT2D eigenvalue weighted by Crippen LogP contribution is -2.16. The number of halogens is 2. The molecule has 19 heavy (non-hydrogen) atoms. The van der Waals surface area contributed by atoms with Crippen molar-refractivity contribution in [2.45, 2.75) is 6.54 Å². The molecule has 3 rings (SSSR count). The van der Waals surface area contributed by atoms with E-state index in [-0.39, 0.29) is 34.6 Å². The van der Waals surface area contributed by atoms with Crippen LogP contribution in [0.25, 0.3) is 11.4 Å². The van der Waals surface area contributed by atoms with Gasteiger partial charge in [-0.15, -0.1) is 0 Å². The van der Waals surface area contributed by atoms with Gasteiger partial charge in [-0.25, -0.2) is 4.39 Å². The Balaban J connectivity index is 2.20. The Bertz CT molecular complexity index is 632. The third-order valence-corrected chi connectivity index (χ3v) is 2.87. The van der Waals surface area contributed by atoms with Gasteiger partial charge >= 0.3 is 0 Å². The molecule has 1 aromatic heterocycles. The van der Waals surface area contributed by atoms with Crippen LogP contribution < -0.4 is 15.2 Å². The van der Waals surface area contributed by atoms with Crippen molar-refractivity contribution in [1.82, 2.24) is 10.1 Å². The smallest absolute Gasteiger partial charge is 0.240 e. The molecule has 0 fully saturated rings. The monoisotopic (exact) mass is 285 g/mol. The van der Waals surface area contributed by atoms with E-state index in [9.17, 15) is 4.39 Å². The summed E-state index contributed by atoms with van der Waals surface area (Å²) in [6.07, 6.45) is 0. The average molecular weight is 286 g/mol. The van der Waals surface area contributed by atoms with Crippen molar-refractivity contribution in [3.63, 3.8) is 0 Å². The molecule has 0 unspecified atom stereocenters. The summed E-state index contributed by atoms with van der Waals surface area (Å²) in [5.74, 6) is 0.113. The molecule has 0 amide bonds. The van der Waals surface area contributed by atoms with Crippen LogP contribution in [0.1, 0.15) is 5.89 Å². The van der Waals surface area contributed by atoms with Gasteiger partial charge in [0, 0.05) is 6.07 Å². The van der Waals surface area contributed by atoms with Crippen molar-refractivity contribution >= 4 is 11.6 Å². The van der Waals surface area contributed by atoms with Gasteiger partial charge in [-0.3, -0.25) is 0 Å². The van der Waals surface area contributed by atoms with E-state index in [2.05, 4.69) is 10.1 Å². The van der Waals surface area contributed by atoms with Gasteiger partial charge in [0.1, 0.15) is 18.8 Å². The molecule has 1 aliphatic heterocycles. The zero-order chi connectivity index (χ0) is 13.4. The maximum absolute atomic E-state index is 14.2. The molecule has 0 atom stereocenters. The van der Waals surface area contributed by atoms with Gasteiger partial charge in [0.05, 0.1) is 11.6 Å². The van der Waals surface area contributed by atoms with Gasteiger partial charge in [-0.1, -0.05) is 16.8 Å². The first-order valence-electron chi connectivity index (χ1n) is 5.51. The van der Waals surface area contributed by atoms with E-state index in [0.29, 0.717) is 19.0 Å². The molecule has 2 N–H and O–H groups in total. The Morgan fingerprint density at radius 1 is 1.37 bits per heavy atom. The molecular formula is C11H9ClFN3O3. The summed E-state index contributed by atoms with van der Waals surface area (Å²) in [7, 11) is 0. The van der Waals surface area contributed by atoms with Crippen LogP contribution in [0.2, 0.25) is 5.02 Å². The Labute approximate surface area is 112 Å². The second-order valence-corrected chi connectivity index (χ2v) is 4.19. The van der Waals surface area contributed by atoms with Gasteiger partial charge in [0.2, 0.25) is 11.7 Å². The number of hydrogen-bond acceptors (Lipinski definition) is 6. The molecule has 6 nitrogen and oxygen atoms in total. The zero-order valence-corrected chi connectivity index (χ0v) is 10.4. The maximum Gasteiger partial charge on any atom is 0.240 e. The second-order valence-electron chi connectivity index (χ2n) is 3.79. The predicted octanol–water partition coefficient (Wildman–Crippen LogP) is 1.76. The highest BCUT2D eigenvalue weighted by molar-refractivity contribution is 6.31. The predicted molar refractivity (Wildman–Crippen MR) is 63.6 cm³/mol. The molecule has 2 heterocycles. The van der Waals surface area contributed by atoms with Crippen LogP contribution >= 0.6 is 11.6 Å². The SMILES string of the molecule is NCc1nc(-c2c(F)c(Cl)cc3c2OCCO3)no1. The summed E-state index contributed by atoms with van der Waals surface area (Å²) in [5.41, 5.74) is 5.39. The van der Waals surface area contributed by atoms with Crippen molar-refractivity contribution < 1.29 is 18.4 Å². The molecule has 0 saturated heterocycles. The standard InChI is InChI=1S/C11H9ClFN3O3/c12-5-3-6-10(18-2-1-17-6)8(9(5)13)11-15-7(4-14)19-16-11/h3H,1-2,4,14H2. The quantitative estimate of drug-likeness (QED) is 0.905. The Kier molecular flexibility index (Phi) is 3.00. The summed E-state index contributed by atoms with van der Waals surface area (Å²) in [5, 5.41) is 3.57. The fraction of sp³-hybridized carbons (Fsp3) is 0.273. The summed E-state index contributed by atoms with van der Waals surface area (Å²) >= 11 is 5.82. The summed E-state index contributed by atoms with van der Waals surface area (Å²) in [6.45, 7) is 0.742. The van der Waals surface area contributed by atoms with Crippen molar-refractivity contribution in [3.8, 4) is 22.9 Å². The lowest BCUT2D eigenvalue weighted by Gasteiger charge is -2.20. The van der Waals surface area contributed by atoms with Crippen LogP contribution in [0, 0.1) is 5.82 Å². The minimum absolute atomic E-state index is 0.0191. The van der Waals surface area contributed by atoms with Crippen LogP contribution in [0.15, 0.2) is 10.6 Å². The van der Waals surface area contributed by atoms with E-state index >= 15 is 0 Å². The molecule has 0 aliphatic carbocycles. The minimum atomic E-state index is -0.685. The second kappa shape index (κ2) is 4.67. The van der Waals surface area contributed by atoms with Gasteiger partial charge in [-0.2, -0.15) is 4.98 Å². The minimum Gasteiger partial charge on any atom is -0.486 e. The van der Waals surface area contributed by atoms with Crippen LogP contribution in [0.3, 0.4) is 0 Å². The summed E-state index contributed by atoms with van der Waals surface area (Å²) < 4.78 is 29.8. The highest BCUT2D eigenvalue weighted by Crippen LogP contribution is 2.43. The van der Waals surface area contributed by atoms with Gasteiger partial charge in [-0.05, 0) is 0 Å². The van der Waals surface area contributed by atoms with Gasteiger partial charge in [0.15, 0.2) is 17.3 Å². The van der Waals surface area contributed by atoms with Crippen LogP contribution in [0.4, 0.5) is 4.39 Å². The fourth-order valence-electron chi connectivity index (χ4n) is 1.77. The maximum atomic E-state index is 14.2. The van der Waals surface area contributed by atoms with E-state index in [1.165, 1.54) is 6.07 Å². The van der Waals surface area contributed by atoms with Gasteiger partial charge in [0.25, 0.3) is 0 Å². The number of nitrogens with zero attached hydrogens (tertiary/aromatic N) is 2. The lowest BCUT2D eigenvalue weighted by molar-refractivity contribution is 0.171. The van der Waals surface area contributed by atoms with E-state index in [4.69, 9.17) is 31.3 Å². The largest absolute Gasteiger partial charge is 0.486 e. The van der Waals surface area contributed by atoms with Crippen molar-refractivity contribution in [1.29, 1.82) is 0 Å². The average Bonchev–Trinajstić information content (AvgIpc) is 2.89. The molecule has 0 bridgehead atoms. The number of hydrogen-bond donors (Lipinski definition) is 1. The Morgan fingerprint density at radius 3 is 2.89 bits per heavy atom. The number of aromatic nitrogens is 2. The number of ether oxygens (including phenoxy) is 2. The van der Waals surface area contributed by atoms with Crippen LogP contribution in [-0.4, -0.2) is 23.4 Å². The first kappa shape index (κ1) is 12.2. The first-order chi connectivity index (χ1) is 9.20. The van der Waals surface area contributed by atoms with E-state index in [1.54, 1.807) is 0 Å². The Morgan fingerprint density at radius 2 is 2.16 bits per heavy atom.